The van der Waals surface area contributed by atoms with E-state index >= 15 is 0 Å². The highest BCUT2D eigenvalue weighted by atomic mass is 16.5. The first-order valence-corrected chi connectivity index (χ1v) is 6.72. The molecule has 0 spiro atoms. The van der Waals surface area contributed by atoms with Gasteiger partial charge in [0.15, 0.2) is 5.58 Å². The number of nitrogen functional groups attached to an aromatic ring is 1. The number of anilines is 1. The summed E-state index contributed by atoms with van der Waals surface area (Å²) >= 11 is 0. The number of nitrogens with zero attached hydrogens (tertiary/aromatic N) is 1. The van der Waals surface area contributed by atoms with E-state index < -0.39 is 0 Å². The van der Waals surface area contributed by atoms with Crippen molar-refractivity contribution in [2.45, 2.75) is 13.5 Å². The fourth-order valence-corrected chi connectivity index (χ4v) is 2.31. The molecule has 1 heterocycles. The minimum Gasteiger partial charge on any atom is -0.491 e. The van der Waals surface area contributed by atoms with Crippen molar-refractivity contribution in [3.8, 4) is 5.75 Å². The van der Waals surface area contributed by atoms with Gasteiger partial charge in [-0.2, -0.15) is 0 Å². The van der Waals surface area contributed by atoms with Crippen molar-refractivity contribution >= 4 is 16.8 Å². The molecule has 0 aliphatic heterocycles. The summed E-state index contributed by atoms with van der Waals surface area (Å²) in [7, 11) is 0. The number of hydrogen-bond acceptors (Lipinski definition) is 4. The maximum Gasteiger partial charge on any atom is 0.420 e. The average Bonchev–Trinajstić information content (AvgIpc) is 2.77. The van der Waals surface area contributed by atoms with Crippen LogP contribution < -0.4 is 16.2 Å². The van der Waals surface area contributed by atoms with Crippen LogP contribution in [-0.4, -0.2) is 11.2 Å². The van der Waals surface area contributed by atoms with Gasteiger partial charge in [0, 0.05) is 5.69 Å². The predicted octanol–water partition coefficient (Wildman–Crippen LogP) is 2.56. The number of aromatic nitrogens is 1. The topological polar surface area (TPSA) is 70.4 Å². The summed E-state index contributed by atoms with van der Waals surface area (Å²) in [5, 5.41) is 0. The van der Waals surface area contributed by atoms with E-state index in [0.29, 0.717) is 24.4 Å². The van der Waals surface area contributed by atoms with Crippen molar-refractivity contribution < 1.29 is 9.15 Å². The molecule has 0 atom stereocenters. The van der Waals surface area contributed by atoms with Gasteiger partial charge < -0.3 is 14.9 Å². The Hall–Kier alpha value is -2.69. The molecule has 5 heteroatoms. The van der Waals surface area contributed by atoms with E-state index in [1.165, 1.54) is 0 Å². The van der Waals surface area contributed by atoms with Crippen LogP contribution in [0, 0.1) is 6.92 Å². The normalized spacial score (nSPS) is 10.9. The van der Waals surface area contributed by atoms with Gasteiger partial charge in [0.25, 0.3) is 0 Å². The number of oxazole rings is 1. The van der Waals surface area contributed by atoms with E-state index in [1.807, 2.05) is 37.3 Å². The molecule has 0 saturated heterocycles. The lowest BCUT2D eigenvalue weighted by Gasteiger charge is -2.09. The summed E-state index contributed by atoms with van der Waals surface area (Å²) in [5.74, 6) is 0.402. The Balaban J connectivity index is 1.75. The van der Waals surface area contributed by atoms with Gasteiger partial charge in [-0.1, -0.05) is 12.1 Å². The molecular weight excluding hydrogens is 268 g/mol. The van der Waals surface area contributed by atoms with Gasteiger partial charge in [0.1, 0.15) is 12.4 Å². The van der Waals surface area contributed by atoms with Crippen LogP contribution in [0.4, 0.5) is 5.69 Å². The van der Waals surface area contributed by atoms with Crippen LogP contribution in [0.3, 0.4) is 0 Å². The molecule has 1 aromatic heterocycles. The van der Waals surface area contributed by atoms with Crippen LogP contribution in [0.2, 0.25) is 0 Å². The fraction of sp³-hybridized carbons (Fsp3) is 0.188. The average molecular weight is 284 g/mol. The largest absolute Gasteiger partial charge is 0.491 e. The number of benzene rings is 2. The maximum atomic E-state index is 11.8. The van der Waals surface area contributed by atoms with E-state index in [0.717, 1.165) is 16.8 Å². The first-order valence-electron chi connectivity index (χ1n) is 6.72. The van der Waals surface area contributed by atoms with Gasteiger partial charge in [-0.25, -0.2) is 4.79 Å². The molecular formula is C16H16N2O3. The van der Waals surface area contributed by atoms with Crippen molar-refractivity contribution in [2.24, 2.45) is 0 Å². The highest BCUT2D eigenvalue weighted by Gasteiger charge is 2.08. The molecule has 3 rings (SSSR count). The molecule has 0 aliphatic carbocycles. The Morgan fingerprint density at radius 2 is 2.05 bits per heavy atom. The Morgan fingerprint density at radius 3 is 2.86 bits per heavy atom. The Labute approximate surface area is 121 Å². The standard InChI is InChI=1S/C16H16N2O3/c1-11-10-12(17)6-7-14(11)20-9-8-18-13-4-2-3-5-15(13)21-16(18)19/h2-7,10H,8-9,17H2,1H3. The second-order valence-electron chi connectivity index (χ2n) is 4.86. The number of ether oxygens (including phenoxy) is 1. The lowest BCUT2D eigenvalue weighted by Crippen LogP contribution is -2.18. The molecule has 2 N–H and O–H groups in total. The Kier molecular flexibility index (Phi) is 3.39. The lowest BCUT2D eigenvalue weighted by atomic mass is 10.2. The molecule has 0 aliphatic rings. The SMILES string of the molecule is Cc1cc(N)ccc1OCCn1c(=O)oc2ccccc21. The molecule has 0 radical (unpaired) electrons. The monoisotopic (exact) mass is 284 g/mol. The third-order valence-electron chi connectivity index (χ3n) is 3.35. The van der Waals surface area contributed by atoms with Gasteiger partial charge >= 0.3 is 5.76 Å². The summed E-state index contributed by atoms with van der Waals surface area (Å²) in [6.45, 7) is 2.75. The number of hydrogen-bond donors (Lipinski definition) is 1. The molecule has 108 valence electrons. The molecule has 0 amide bonds. The van der Waals surface area contributed by atoms with Crippen LogP contribution >= 0.6 is 0 Å². The van der Waals surface area contributed by atoms with Crippen molar-refractivity contribution in [2.75, 3.05) is 12.3 Å². The first kappa shape index (κ1) is 13.3. The third kappa shape index (κ3) is 2.63. The van der Waals surface area contributed by atoms with Gasteiger partial charge in [-0.3, -0.25) is 4.57 Å². The fourth-order valence-electron chi connectivity index (χ4n) is 2.31. The molecule has 2 aromatic carbocycles. The summed E-state index contributed by atoms with van der Waals surface area (Å²) in [6, 6.07) is 12.8. The van der Waals surface area contributed by atoms with E-state index in [2.05, 4.69) is 0 Å². The summed E-state index contributed by atoms with van der Waals surface area (Å²) < 4.78 is 12.5. The third-order valence-corrected chi connectivity index (χ3v) is 3.35. The second-order valence-corrected chi connectivity index (χ2v) is 4.86. The van der Waals surface area contributed by atoms with Crippen LogP contribution in [-0.2, 0) is 6.54 Å². The molecule has 0 bridgehead atoms. The van der Waals surface area contributed by atoms with Crippen molar-refractivity contribution in [3.63, 3.8) is 0 Å². The van der Waals surface area contributed by atoms with Crippen molar-refractivity contribution in [1.29, 1.82) is 0 Å². The van der Waals surface area contributed by atoms with E-state index in [1.54, 1.807) is 16.7 Å². The van der Waals surface area contributed by atoms with Gasteiger partial charge in [0.2, 0.25) is 0 Å². The predicted molar refractivity (Wildman–Crippen MR) is 81.6 cm³/mol. The van der Waals surface area contributed by atoms with Crippen LogP contribution in [0.25, 0.3) is 11.1 Å². The van der Waals surface area contributed by atoms with Crippen molar-refractivity contribution in [1.82, 2.24) is 4.57 Å². The van der Waals surface area contributed by atoms with Crippen molar-refractivity contribution in [3.05, 3.63) is 58.6 Å². The zero-order chi connectivity index (χ0) is 14.8. The van der Waals surface area contributed by atoms with Crippen LogP contribution in [0.5, 0.6) is 5.75 Å². The first-order chi connectivity index (χ1) is 10.1. The highest BCUT2D eigenvalue weighted by molar-refractivity contribution is 5.72. The van der Waals surface area contributed by atoms with Gasteiger partial charge in [-0.05, 0) is 42.8 Å². The number of aryl methyl sites for hydroxylation is 1. The number of rotatable bonds is 4. The summed E-state index contributed by atoms with van der Waals surface area (Å²) in [6.07, 6.45) is 0. The second kappa shape index (κ2) is 5.36. The molecule has 0 unspecified atom stereocenters. The minimum absolute atomic E-state index is 0.367. The number of para-hydroxylation sites is 2. The van der Waals surface area contributed by atoms with Gasteiger partial charge in [-0.15, -0.1) is 0 Å². The summed E-state index contributed by atoms with van der Waals surface area (Å²) in [5.41, 5.74) is 8.75. The quantitative estimate of drug-likeness (QED) is 0.747. The number of nitrogens with two attached hydrogens (primary N) is 1. The zero-order valence-electron chi connectivity index (χ0n) is 11.7. The number of fused-ring (bicyclic) bond motifs is 1. The molecule has 5 nitrogen and oxygen atoms in total. The molecule has 0 fully saturated rings. The molecule has 21 heavy (non-hydrogen) atoms. The van der Waals surface area contributed by atoms with Crippen LogP contribution in [0.15, 0.2) is 51.7 Å². The highest BCUT2D eigenvalue weighted by Crippen LogP contribution is 2.20. The van der Waals surface area contributed by atoms with E-state index in [4.69, 9.17) is 14.9 Å². The minimum atomic E-state index is -0.367. The summed E-state index contributed by atoms with van der Waals surface area (Å²) in [4.78, 5) is 11.8. The van der Waals surface area contributed by atoms with Crippen LogP contribution in [0.1, 0.15) is 5.56 Å². The van der Waals surface area contributed by atoms with E-state index in [-0.39, 0.29) is 5.76 Å². The molecule has 3 aromatic rings. The smallest absolute Gasteiger partial charge is 0.420 e. The van der Waals surface area contributed by atoms with E-state index in [9.17, 15) is 4.79 Å². The zero-order valence-corrected chi connectivity index (χ0v) is 11.7. The Morgan fingerprint density at radius 1 is 1.24 bits per heavy atom. The lowest BCUT2D eigenvalue weighted by molar-refractivity contribution is 0.292. The van der Waals surface area contributed by atoms with Gasteiger partial charge in [0.05, 0.1) is 12.1 Å². The molecule has 0 saturated carbocycles. The maximum absolute atomic E-state index is 11.8. The Bertz CT molecular complexity index is 833.